The molecule has 2 aromatic carbocycles. The van der Waals surface area contributed by atoms with E-state index in [4.69, 9.17) is 11.6 Å². The molecule has 1 aliphatic rings. The molecule has 142 valence electrons. The summed E-state index contributed by atoms with van der Waals surface area (Å²) in [5.74, 6) is 0.425. The number of anilines is 1. The fourth-order valence-corrected chi connectivity index (χ4v) is 4.60. The molecule has 0 fully saturated rings. The monoisotopic (exact) mass is 428 g/mol. The summed E-state index contributed by atoms with van der Waals surface area (Å²) in [5, 5.41) is 7.31. The summed E-state index contributed by atoms with van der Waals surface area (Å²) in [5.41, 5.74) is 2.19. The van der Waals surface area contributed by atoms with Gasteiger partial charge in [0, 0.05) is 36.0 Å². The number of fused-ring (bicyclic) bond motifs is 1. The maximum atomic E-state index is 13.0. The summed E-state index contributed by atoms with van der Waals surface area (Å²) < 4.78 is 1.03. The van der Waals surface area contributed by atoms with Crippen LogP contribution in [0.25, 0.3) is 10.2 Å². The van der Waals surface area contributed by atoms with Crippen LogP contribution >= 0.6 is 34.7 Å². The highest BCUT2D eigenvalue weighted by atomic mass is 35.5. The Morgan fingerprint density at radius 2 is 1.93 bits per heavy atom. The van der Waals surface area contributed by atoms with Crippen LogP contribution in [-0.4, -0.2) is 41.4 Å². The van der Waals surface area contributed by atoms with Crippen molar-refractivity contribution in [3.63, 3.8) is 0 Å². The Balaban J connectivity index is 1.63. The third-order valence-corrected chi connectivity index (χ3v) is 6.28. The number of benzene rings is 2. The van der Waals surface area contributed by atoms with E-state index in [-0.39, 0.29) is 5.91 Å². The highest BCUT2D eigenvalue weighted by Crippen LogP contribution is 2.33. The molecule has 28 heavy (non-hydrogen) atoms. The molecule has 3 aromatic rings. The number of para-hydroxylation sites is 1. The average Bonchev–Trinajstić information content (AvgIpc) is 3.23. The van der Waals surface area contributed by atoms with Crippen molar-refractivity contribution in [1.29, 1.82) is 0 Å². The molecule has 0 bridgehead atoms. The van der Waals surface area contributed by atoms with Gasteiger partial charge in [-0.05, 0) is 36.4 Å². The predicted octanol–water partition coefficient (Wildman–Crippen LogP) is 4.89. The molecule has 8 heteroatoms. The van der Waals surface area contributed by atoms with Crippen LogP contribution in [0.1, 0.15) is 0 Å². The molecule has 0 saturated carbocycles. The van der Waals surface area contributed by atoms with Crippen LogP contribution in [-0.2, 0) is 4.79 Å². The van der Waals surface area contributed by atoms with Crippen molar-refractivity contribution in [2.75, 3.05) is 24.9 Å². The smallest absolute Gasteiger partial charge is 0.284 e. The van der Waals surface area contributed by atoms with Crippen LogP contribution in [0.3, 0.4) is 0 Å². The fraction of sp³-hybridized carbons (Fsp3) is 0.150. The van der Waals surface area contributed by atoms with Gasteiger partial charge in [0.2, 0.25) is 5.13 Å². The molecule has 0 spiro atoms. The number of hydrogen-bond donors (Lipinski definition) is 0. The van der Waals surface area contributed by atoms with E-state index in [1.165, 1.54) is 16.3 Å². The molecule has 2 heterocycles. The molecule has 0 radical (unpaired) electrons. The molecule has 0 aliphatic carbocycles. The molecule has 5 nitrogen and oxygen atoms in total. The van der Waals surface area contributed by atoms with Gasteiger partial charge in [-0.1, -0.05) is 35.1 Å². The van der Waals surface area contributed by atoms with E-state index in [2.05, 4.69) is 10.1 Å². The average molecular weight is 429 g/mol. The van der Waals surface area contributed by atoms with Gasteiger partial charge in [-0.15, -0.1) is 11.8 Å². The summed E-state index contributed by atoms with van der Waals surface area (Å²) in [6.45, 7) is 0. The number of carbonyl (C=O) groups excluding carboxylic acids is 1. The number of amides is 1. The van der Waals surface area contributed by atoms with Gasteiger partial charge in [0.15, 0.2) is 0 Å². The highest BCUT2D eigenvalue weighted by molar-refractivity contribution is 8.00. The number of rotatable bonds is 5. The lowest BCUT2D eigenvalue weighted by Crippen LogP contribution is -2.22. The SMILES string of the molecule is CN(C)/C=C1\C(=O)N(c2nc3ccccc3s2)N=C1CSc1ccc(Cl)cc1. The highest BCUT2D eigenvalue weighted by Gasteiger charge is 2.33. The molecule has 0 unspecified atom stereocenters. The molecule has 0 atom stereocenters. The van der Waals surface area contributed by atoms with Crippen molar-refractivity contribution in [3.05, 3.63) is 65.3 Å². The maximum absolute atomic E-state index is 13.0. The summed E-state index contributed by atoms with van der Waals surface area (Å²) in [6.07, 6.45) is 1.82. The van der Waals surface area contributed by atoms with E-state index in [9.17, 15) is 4.79 Å². The molecule has 0 saturated heterocycles. The fourth-order valence-electron chi connectivity index (χ4n) is 2.71. The molecule has 1 aliphatic heterocycles. The minimum Gasteiger partial charge on any atom is -0.383 e. The Hall–Kier alpha value is -2.35. The van der Waals surface area contributed by atoms with E-state index in [1.807, 2.05) is 73.7 Å². The van der Waals surface area contributed by atoms with Gasteiger partial charge in [-0.2, -0.15) is 10.1 Å². The largest absolute Gasteiger partial charge is 0.383 e. The number of hydrazone groups is 1. The summed E-state index contributed by atoms with van der Waals surface area (Å²) in [6, 6.07) is 15.5. The van der Waals surface area contributed by atoms with Crippen LogP contribution < -0.4 is 5.01 Å². The predicted molar refractivity (Wildman–Crippen MR) is 118 cm³/mol. The quantitative estimate of drug-likeness (QED) is 0.428. The number of halogens is 1. The van der Waals surface area contributed by atoms with Crippen LogP contribution in [0, 0.1) is 0 Å². The topological polar surface area (TPSA) is 48.8 Å². The zero-order valence-corrected chi connectivity index (χ0v) is 17.7. The Bertz CT molecular complexity index is 1060. The lowest BCUT2D eigenvalue weighted by molar-refractivity contribution is -0.114. The molecule has 1 amide bonds. The van der Waals surface area contributed by atoms with Gasteiger partial charge in [0.05, 0.1) is 21.5 Å². The van der Waals surface area contributed by atoms with Gasteiger partial charge < -0.3 is 4.90 Å². The Morgan fingerprint density at radius 1 is 1.18 bits per heavy atom. The van der Waals surface area contributed by atoms with Gasteiger partial charge >= 0.3 is 0 Å². The van der Waals surface area contributed by atoms with E-state index < -0.39 is 0 Å². The number of hydrogen-bond acceptors (Lipinski definition) is 6. The first-order valence-corrected chi connectivity index (χ1v) is 10.7. The third-order valence-electron chi connectivity index (χ3n) is 3.99. The summed E-state index contributed by atoms with van der Waals surface area (Å²) in [4.78, 5) is 20.5. The van der Waals surface area contributed by atoms with Crippen molar-refractivity contribution in [3.8, 4) is 0 Å². The van der Waals surface area contributed by atoms with E-state index in [0.29, 0.717) is 21.5 Å². The lowest BCUT2D eigenvalue weighted by atomic mass is 10.2. The number of thiazole rings is 1. The molecule has 1 aromatic heterocycles. The first-order valence-electron chi connectivity index (χ1n) is 8.56. The third kappa shape index (κ3) is 3.92. The first kappa shape index (κ1) is 19.0. The summed E-state index contributed by atoms with van der Waals surface area (Å²) in [7, 11) is 3.79. The van der Waals surface area contributed by atoms with E-state index >= 15 is 0 Å². The van der Waals surface area contributed by atoms with E-state index in [1.54, 1.807) is 11.8 Å². The normalized spacial score (nSPS) is 15.5. The minimum absolute atomic E-state index is 0.153. The van der Waals surface area contributed by atoms with Crippen LogP contribution in [0.15, 0.2) is 70.3 Å². The molecular weight excluding hydrogens is 412 g/mol. The zero-order chi connectivity index (χ0) is 19.7. The van der Waals surface area contributed by atoms with Gasteiger partial charge in [-0.25, -0.2) is 4.98 Å². The second-order valence-electron chi connectivity index (χ2n) is 6.38. The van der Waals surface area contributed by atoms with Crippen molar-refractivity contribution < 1.29 is 4.79 Å². The van der Waals surface area contributed by atoms with Gasteiger partial charge in [0.25, 0.3) is 5.91 Å². The number of thioether (sulfide) groups is 1. The van der Waals surface area contributed by atoms with Crippen LogP contribution in [0.2, 0.25) is 5.02 Å². The molecule has 4 rings (SSSR count). The molecule has 0 N–H and O–H groups in total. The second kappa shape index (κ2) is 7.95. The number of carbonyl (C=O) groups is 1. The Kier molecular flexibility index (Phi) is 5.39. The van der Waals surface area contributed by atoms with Gasteiger partial charge in [-0.3, -0.25) is 4.79 Å². The lowest BCUT2D eigenvalue weighted by Gasteiger charge is -2.09. The van der Waals surface area contributed by atoms with Crippen molar-refractivity contribution in [2.45, 2.75) is 4.90 Å². The van der Waals surface area contributed by atoms with E-state index in [0.717, 1.165) is 20.8 Å². The zero-order valence-electron chi connectivity index (χ0n) is 15.3. The number of aromatic nitrogens is 1. The first-order chi connectivity index (χ1) is 13.5. The Morgan fingerprint density at radius 3 is 2.64 bits per heavy atom. The van der Waals surface area contributed by atoms with Crippen molar-refractivity contribution in [1.82, 2.24) is 9.88 Å². The Labute approximate surface area is 176 Å². The standard InChI is InChI=1S/C20H17ClN4OS2/c1-24(2)11-15-17(12-27-14-9-7-13(21)8-10-14)23-25(19(15)26)20-22-16-5-3-4-6-18(16)28-20/h3-11H,12H2,1-2H3/b15-11-. The second-order valence-corrected chi connectivity index (χ2v) is 8.87. The number of nitrogens with zero attached hydrogens (tertiary/aromatic N) is 4. The van der Waals surface area contributed by atoms with Crippen molar-refractivity contribution >= 4 is 61.7 Å². The maximum Gasteiger partial charge on any atom is 0.284 e. The van der Waals surface area contributed by atoms with Crippen LogP contribution in [0.5, 0.6) is 0 Å². The van der Waals surface area contributed by atoms with Gasteiger partial charge in [0.1, 0.15) is 0 Å². The van der Waals surface area contributed by atoms with Crippen molar-refractivity contribution in [2.24, 2.45) is 5.10 Å². The molecular formula is C20H17ClN4OS2. The minimum atomic E-state index is -0.153. The summed E-state index contributed by atoms with van der Waals surface area (Å²) >= 11 is 9.03. The van der Waals surface area contributed by atoms with Crippen LogP contribution in [0.4, 0.5) is 5.13 Å².